The average molecular weight is 1870 g/mol. The fraction of sp³-hybridized carbons (Fsp3) is 0.461. The van der Waals surface area contributed by atoms with Crippen molar-refractivity contribution in [2.45, 2.75) is 158 Å². The summed E-state index contributed by atoms with van der Waals surface area (Å²) >= 11 is 2.79. The second kappa shape index (κ2) is 28.8. The zero-order chi connectivity index (χ0) is 71.4. The molecule has 4 unspecified atom stereocenters. The van der Waals surface area contributed by atoms with Crippen molar-refractivity contribution in [3.05, 3.63) is 148 Å². The molecule has 9 N–H and O–H groups in total. The zero-order valence-electron chi connectivity index (χ0n) is 59.0. The number of ketones is 1. The summed E-state index contributed by atoms with van der Waals surface area (Å²) in [5.41, 5.74) is 19.4. The monoisotopic (exact) mass is 1860 g/mol. The second-order valence-corrected chi connectivity index (χ2v) is 30.9. The SMILES string of the molecule is Cc1cc2c(c(O)c1C)[C@@H]1C3[C@@H]4SCC(=O)C(=O)OC[C@@H](c5c6c(c(C)c(O)c54)OCO6)N3C(C#N)[C@H](C2)N1C.Cc1cc2c(cc1O)CCN[C@]21CS[C@@H]2c3c(O)c(C)c4c(c3[C@H](COC1=O)N1C2[C@H]2c3c(cc(C)c(C)c3O)C[C@@H](C1C#N)N2C)OCO4.Cc1ccc(CCN)cc1O.[Ac].[Ac]. The van der Waals surface area contributed by atoms with Crippen LogP contribution in [-0.4, -0.2) is 170 Å². The normalized spacial score (nSPS) is 28.0. The number of carbonyl (C=O) groups is 3. The summed E-state index contributed by atoms with van der Waals surface area (Å²) in [6.07, 6.45) is 2.60. The van der Waals surface area contributed by atoms with Gasteiger partial charge in [-0.2, -0.15) is 10.5 Å². The number of Topliss-reactive ketones (excluding diaryl/α,β-unsaturated/α-hetero) is 1. The maximum Gasteiger partial charge on any atom is 0.375 e. The van der Waals surface area contributed by atoms with Crippen LogP contribution >= 0.6 is 23.5 Å². The number of benzene rings is 6. The number of phenols is 6. The Hall–Kier alpha value is -5.75. The maximum absolute atomic E-state index is 14.6. The van der Waals surface area contributed by atoms with E-state index in [-0.39, 0.29) is 179 Å². The number of nitriles is 2. The molecule has 6 aromatic rings. The first-order valence-corrected chi connectivity index (χ1v) is 36.4. The van der Waals surface area contributed by atoms with Crippen molar-refractivity contribution >= 4 is 41.2 Å². The summed E-state index contributed by atoms with van der Waals surface area (Å²) in [6, 6.07) is 14.2. The van der Waals surface area contributed by atoms with E-state index in [0.29, 0.717) is 100 Å². The number of nitrogens with one attached hydrogen (secondary N) is 1. The van der Waals surface area contributed by atoms with Gasteiger partial charge in [0.05, 0.1) is 52.6 Å². The number of esters is 2. The van der Waals surface area contributed by atoms with Gasteiger partial charge in [0.1, 0.15) is 59.8 Å². The molecule has 103 heavy (non-hydrogen) atoms. The Bertz CT molecular complexity index is 4650. The molecule has 18 rings (SSSR count). The van der Waals surface area contributed by atoms with E-state index >= 15 is 0 Å². The summed E-state index contributed by atoms with van der Waals surface area (Å²) < 4.78 is 35.7. The molecule has 534 valence electrons. The van der Waals surface area contributed by atoms with Gasteiger partial charge in [-0.3, -0.25) is 29.7 Å². The van der Waals surface area contributed by atoms with Crippen molar-refractivity contribution in [1.82, 2.24) is 24.9 Å². The van der Waals surface area contributed by atoms with Gasteiger partial charge in [0, 0.05) is 169 Å². The van der Waals surface area contributed by atoms with Gasteiger partial charge in [-0.1, -0.05) is 24.3 Å². The van der Waals surface area contributed by atoms with Crippen molar-refractivity contribution < 1.29 is 162 Å². The van der Waals surface area contributed by atoms with Crippen LogP contribution in [0.15, 0.2) is 42.5 Å². The van der Waals surface area contributed by atoms with E-state index in [1.165, 1.54) is 11.8 Å². The van der Waals surface area contributed by atoms with Crippen molar-refractivity contribution in [2.75, 3.05) is 65.5 Å². The standard InChI is InChI=1S/C38H40N4O7S.C29H29N3O7S.C9H13NO.2Ac/c1-16-8-21-10-23-24(12-39)42-25-13-47-37(46)38(22-9-17(2)26(43)11-20(22)6-7-40-38)14-50-36(31(42)30(41(23)5)27(21)32(44)18(16)3)29-28(25)35-34(48-15-49-35)19(4)33(29)45;1-11-5-14-6-15-16(7-30)32-17-8-37-29(36)18(33)9-40-28(23(32)22(31(15)4)19(14)24(34)12(11)2)21-20(17)27-26(38-10-39-27)13(3)25(21)35;1-7-2-3-8(4-5-10)6-9(7)11;;/h8-9,11,23-25,30-31,36,40,43-45H,6-7,10,13-15H2,1-5H3;5,15-17,22-23,28,34-35H,6,8-10H2,1-4H3;2-3,6,11H,4-5,10H2,1H3;;/t23-,24?,25-,30+,31?,36+,38+;15-,16?,17-,22+,23?,28+;;;/m00.../s1. The van der Waals surface area contributed by atoms with E-state index in [0.717, 1.165) is 73.2 Å². The Labute approximate surface area is 677 Å². The van der Waals surface area contributed by atoms with Crippen LogP contribution in [0.2, 0.25) is 0 Å². The Kier molecular flexibility index (Phi) is 21.1. The van der Waals surface area contributed by atoms with Gasteiger partial charge < -0.3 is 64.8 Å². The summed E-state index contributed by atoms with van der Waals surface area (Å²) in [5.74, 6) is 1.14. The molecule has 0 aromatic heterocycles. The van der Waals surface area contributed by atoms with Crippen LogP contribution in [0.3, 0.4) is 0 Å². The largest absolute Gasteiger partial charge is 0.508 e. The molecule has 8 bridgehead atoms. The second-order valence-electron chi connectivity index (χ2n) is 28.7. The molecule has 12 heterocycles. The fourth-order valence-corrected chi connectivity index (χ4v) is 21.3. The minimum absolute atomic E-state index is 0. The van der Waals surface area contributed by atoms with Crippen LogP contribution < -0.4 is 30.0 Å². The molecule has 27 heteroatoms. The topological polar surface area (TPSA) is 327 Å². The van der Waals surface area contributed by atoms with Gasteiger partial charge in [-0.05, 0) is 181 Å². The first-order valence-electron chi connectivity index (χ1n) is 34.3. The van der Waals surface area contributed by atoms with Gasteiger partial charge in [-0.25, -0.2) is 9.59 Å². The fourth-order valence-electron chi connectivity index (χ4n) is 18.2. The van der Waals surface area contributed by atoms with Crippen LogP contribution in [0.5, 0.6) is 57.5 Å². The Balaban J connectivity index is 0.000000160. The maximum atomic E-state index is 14.6. The van der Waals surface area contributed by atoms with Gasteiger partial charge in [0.2, 0.25) is 19.4 Å². The van der Waals surface area contributed by atoms with Crippen LogP contribution in [0.1, 0.15) is 140 Å². The summed E-state index contributed by atoms with van der Waals surface area (Å²) in [5, 5.41) is 91.4. The van der Waals surface area contributed by atoms with Crippen molar-refractivity contribution in [1.29, 1.82) is 10.5 Å². The number of carbonyl (C=O) groups excluding carboxylic acids is 3. The molecule has 2 radical (unpaired) electrons. The number of thioether (sulfide) groups is 2. The predicted molar refractivity (Wildman–Crippen MR) is 374 cm³/mol. The number of piperazine rings is 2. The van der Waals surface area contributed by atoms with Crippen molar-refractivity contribution in [3.63, 3.8) is 0 Å². The van der Waals surface area contributed by atoms with E-state index in [1.54, 1.807) is 30.8 Å². The minimum Gasteiger partial charge on any atom is -0.508 e. The van der Waals surface area contributed by atoms with Gasteiger partial charge in [-0.15, -0.1) is 23.5 Å². The molecular formula is C76H82Ac2N8O15S2. The number of hydrogen-bond donors (Lipinski definition) is 8. The third kappa shape index (κ3) is 11.7. The van der Waals surface area contributed by atoms with Gasteiger partial charge >= 0.3 is 11.9 Å². The third-order valence-electron chi connectivity index (χ3n) is 23.6. The molecule has 12 aliphatic rings. The average Bonchev–Trinajstić information content (AvgIpc) is 1.54. The van der Waals surface area contributed by atoms with E-state index in [4.69, 9.17) is 34.2 Å². The number of ether oxygens (including phenoxy) is 6. The van der Waals surface area contributed by atoms with Gasteiger partial charge in [0.15, 0.2) is 28.5 Å². The number of hydrogen-bond acceptors (Lipinski definition) is 25. The van der Waals surface area contributed by atoms with Crippen LogP contribution in [0.4, 0.5) is 0 Å². The molecular weight excluding hydrogens is 1780 g/mol. The molecule has 0 saturated carbocycles. The summed E-state index contributed by atoms with van der Waals surface area (Å²) in [4.78, 5) is 48.6. The van der Waals surface area contributed by atoms with Crippen molar-refractivity contribution in [3.8, 4) is 69.6 Å². The molecule has 1 spiro atoms. The molecule has 12 aliphatic heterocycles. The molecule has 23 nitrogen and oxygen atoms in total. The summed E-state index contributed by atoms with van der Waals surface area (Å²) in [6.45, 7) is 15.9. The Morgan fingerprint density at radius 2 is 1.06 bits per heavy atom. The number of likely N-dealkylation sites (N-methyl/N-ethyl adjacent to an activating group) is 2. The van der Waals surface area contributed by atoms with Crippen molar-refractivity contribution in [2.24, 2.45) is 5.73 Å². The van der Waals surface area contributed by atoms with Crippen LogP contribution in [0.25, 0.3) is 0 Å². The molecule has 13 atom stereocenters. The number of nitrogens with two attached hydrogens (primary N) is 1. The smallest absolute Gasteiger partial charge is 0.375 e. The number of aromatic hydroxyl groups is 6. The number of aryl methyl sites for hydroxylation is 4. The predicted octanol–water partition coefficient (Wildman–Crippen LogP) is 8.45. The Morgan fingerprint density at radius 3 is 1.56 bits per heavy atom. The van der Waals surface area contributed by atoms with Crippen LogP contribution in [0, 0.1) is 166 Å². The molecule has 0 aliphatic carbocycles. The zero-order valence-corrected chi connectivity index (χ0v) is 70.2. The summed E-state index contributed by atoms with van der Waals surface area (Å²) in [7, 11) is 4.01. The first-order chi connectivity index (χ1) is 48.4. The van der Waals surface area contributed by atoms with E-state index in [9.17, 15) is 55.5 Å². The number of nitrogens with zero attached hydrogens (tertiary/aromatic N) is 6. The number of cyclic esters (lactones) is 1. The quantitative estimate of drug-likeness (QED) is 0.0595. The molecule has 4 saturated heterocycles. The molecule has 4 fully saturated rings. The van der Waals surface area contributed by atoms with Crippen LogP contribution in [-0.2, 0) is 55.1 Å². The minimum atomic E-state index is -1.22. The van der Waals surface area contributed by atoms with E-state index in [1.807, 2.05) is 80.8 Å². The molecule has 0 amide bonds. The van der Waals surface area contributed by atoms with E-state index < -0.39 is 70.0 Å². The molecule has 6 aromatic carbocycles. The van der Waals surface area contributed by atoms with Gasteiger partial charge in [0.25, 0.3) is 0 Å². The number of rotatable bonds is 2. The van der Waals surface area contributed by atoms with E-state index in [2.05, 4.69) is 49.2 Å². The Morgan fingerprint density at radius 1 is 0.573 bits per heavy atom. The number of fused-ring (bicyclic) bond motifs is 18. The third-order valence-corrected chi connectivity index (χ3v) is 26.4. The number of phenolic OH excluding ortho intramolecular Hbond substituents is 6. The first kappa shape index (κ1) is 75.5.